The number of carbonyl (C=O) groups excluding carboxylic acids is 5. The highest BCUT2D eigenvalue weighted by Crippen LogP contribution is 2.29. The first kappa shape index (κ1) is 106. The number of hydrogen-bond donors (Lipinski definition) is 1. The van der Waals surface area contributed by atoms with E-state index >= 15 is 0 Å². The maximum absolute atomic E-state index is 12.9. The summed E-state index contributed by atoms with van der Waals surface area (Å²) in [5, 5.41) is 9.54. The van der Waals surface area contributed by atoms with Crippen molar-refractivity contribution >= 4 is 64.8 Å². The molecule has 5 amide bonds. The van der Waals surface area contributed by atoms with E-state index in [4.69, 9.17) is 28.4 Å². The number of benzene rings is 13. The Labute approximate surface area is 828 Å². The van der Waals surface area contributed by atoms with Crippen LogP contribution in [0.15, 0.2) is 403 Å². The fourth-order valence-corrected chi connectivity index (χ4v) is 16.8. The van der Waals surface area contributed by atoms with Crippen LogP contribution in [0.1, 0.15) is 114 Å². The van der Waals surface area contributed by atoms with Crippen LogP contribution in [0.25, 0.3) is 0 Å². The van der Waals surface area contributed by atoms with Crippen molar-refractivity contribution in [3.05, 3.63) is 439 Å². The van der Waals surface area contributed by atoms with Gasteiger partial charge in [-0.25, -0.2) is 0 Å². The molecule has 0 saturated carbocycles. The largest absolute Gasteiger partial charge is 0.508 e. The minimum absolute atomic E-state index is 0.127. The first-order valence-electron chi connectivity index (χ1n) is 46.7. The average molecular weight is 1910 g/mol. The van der Waals surface area contributed by atoms with Gasteiger partial charge in [0.25, 0.3) is 0 Å². The Morgan fingerprint density at radius 1 is 0.268 bits per heavy atom. The third-order valence-corrected chi connectivity index (χ3v) is 25.0. The summed E-state index contributed by atoms with van der Waals surface area (Å²) in [5.74, 6) is 8.66. The first-order valence-corrected chi connectivity index (χ1v) is 49.6. The lowest BCUT2D eigenvalue weighted by Gasteiger charge is -2.23. The smallest absolute Gasteiger partial charge is 0.223 e. The van der Waals surface area contributed by atoms with Crippen molar-refractivity contribution < 1.29 is 57.5 Å². The molecule has 1 heterocycles. The number of hydrogen-bond acceptors (Lipinski definition) is 16. The lowest BCUT2D eigenvalue weighted by Crippen LogP contribution is -2.30. The molecule has 13 aromatic carbocycles. The predicted octanol–water partition coefficient (Wildman–Crippen LogP) is 25.1. The minimum Gasteiger partial charge on any atom is -0.508 e. The Kier molecular flexibility index (Phi) is 48.1. The summed E-state index contributed by atoms with van der Waals surface area (Å²) >= 11 is 5.20. The number of amides is 5. The molecule has 716 valence electrons. The molecule has 1 aromatic heterocycles. The Balaban J connectivity index is 0.000000178. The van der Waals surface area contributed by atoms with Crippen LogP contribution in [0.3, 0.4) is 0 Å². The van der Waals surface area contributed by atoms with E-state index in [2.05, 4.69) is 89.9 Å². The van der Waals surface area contributed by atoms with E-state index in [1.165, 1.54) is 9.79 Å². The highest BCUT2D eigenvalue weighted by Gasteiger charge is 2.20. The first-order chi connectivity index (χ1) is 67.6. The van der Waals surface area contributed by atoms with Gasteiger partial charge in [-0.2, -0.15) is 0 Å². The molecule has 0 aliphatic heterocycles. The highest BCUT2D eigenvalue weighted by molar-refractivity contribution is 7.99. The fourth-order valence-electron chi connectivity index (χ4n) is 14.2. The van der Waals surface area contributed by atoms with Gasteiger partial charge in [-0.05, 0) is 221 Å². The van der Waals surface area contributed by atoms with E-state index in [1.54, 1.807) is 90.9 Å². The molecule has 14 aromatic rings. The molecule has 0 unspecified atom stereocenters. The van der Waals surface area contributed by atoms with Crippen molar-refractivity contribution in [3.8, 4) is 40.2 Å². The normalized spacial score (nSPS) is 10.4. The molecule has 1 N–H and O–H groups in total. The molecule has 14 rings (SSSR count). The van der Waals surface area contributed by atoms with Crippen LogP contribution >= 0.6 is 35.3 Å². The third kappa shape index (κ3) is 42.1. The molecular formula is C117H128N6O12S3. The molecule has 0 aliphatic rings. The van der Waals surface area contributed by atoms with Gasteiger partial charge in [0.1, 0.15) is 46.9 Å². The summed E-state index contributed by atoms with van der Waals surface area (Å²) in [6.07, 6.45) is 9.99. The summed E-state index contributed by atoms with van der Waals surface area (Å²) in [7, 11) is 8.65. The second-order valence-corrected chi connectivity index (χ2v) is 36.0. The maximum Gasteiger partial charge on any atom is 0.223 e. The zero-order valence-corrected chi connectivity index (χ0v) is 82.2. The van der Waals surface area contributed by atoms with Crippen LogP contribution in [-0.2, 0) is 82.9 Å². The van der Waals surface area contributed by atoms with E-state index in [-0.39, 0.29) is 35.3 Å². The average Bonchev–Trinajstić information content (AvgIpc) is 0.887. The number of aromatic hydroxyl groups is 1. The van der Waals surface area contributed by atoms with E-state index in [1.807, 2.05) is 308 Å². The molecule has 0 atom stereocenters. The summed E-state index contributed by atoms with van der Waals surface area (Å²) in [4.78, 5) is 79.9. The minimum atomic E-state index is 0.127. The number of pyridine rings is 1. The zero-order chi connectivity index (χ0) is 97.0. The molecule has 0 spiro atoms. The number of carbonyl (C=O) groups is 5. The van der Waals surface area contributed by atoms with Gasteiger partial charge in [0.15, 0.2) is 0 Å². The zero-order valence-electron chi connectivity index (χ0n) is 79.8. The molecular weight excluding hydrogens is 1780 g/mol. The Hall–Kier alpha value is -14.0. The van der Waals surface area contributed by atoms with Gasteiger partial charge in [0.2, 0.25) is 29.5 Å². The summed E-state index contributed by atoms with van der Waals surface area (Å²) in [5.41, 5.74) is 10.2. The van der Waals surface area contributed by atoms with Gasteiger partial charge in [-0.3, -0.25) is 29.0 Å². The van der Waals surface area contributed by atoms with Gasteiger partial charge in [-0.1, -0.05) is 255 Å². The molecule has 21 heteroatoms. The number of methoxy groups -OCH3 is 3. The van der Waals surface area contributed by atoms with E-state index in [0.717, 1.165) is 126 Å². The van der Waals surface area contributed by atoms with Gasteiger partial charge in [0, 0.05) is 126 Å². The van der Waals surface area contributed by atoms with Gasteiger partial charge < -0.3 is 58.0 Å². The molecule has 0 saturated heterocycles. The van der Waals surface area contributed by atoms with Gasteiger partial charge in [-0.15, -0.1) is 35.3 Å². The van der Waals surface area contributed by atoms with Crippen LogP contribution in [0, 0.1) is 0 Å². The third-order valence-electron chi connectivity index (χ3n) is 21.7. The summed E-state index contributed by atoms with van der Waals surface area (Å²) in [6.45, 7) is 6.52. The van der Waals surface area contributed by atoms with Crippen LogP contribution in [0.5, 0.6) is 40.2 Å². The topological polar surface area (TPSA) is 190 Å². The lowest BCUT2D eigenvalue weighted by molar-refractivity contribution is -0.133. The fraction of sp³-hybridized carbons (Fsp3) is 0.248. The summed E-state index contributed by atoms with van der Waals surface area (Å²) in [6, 6.07) is 123. The standard InChI is InChI=1S/2C25H27NO3.C25H27NO2S.C24H25NO2S.C18H22N2O2S/c1-28-23-14-16-24(17-15-23)29-18-8-13-25(27)26(19-21-9-4-2-5-10-21)20-22-11-6-3-7-12-22;1-26(19-21-9-4-2-5-10-21)25(27)13-8-18-28-23-14-16-24(17-15-23)29-20-22-11-6-3-7-12-22;1-28-23-14-16-24(17-15-23)29-18-8-13-25(27)26(19-21-9-4-2-5-10-21)20-22-11-6-3-7-12-22;26-22-13-7-14-23(17-22)28-16-8-15-24(27)25(18-20-9-3-1-4-10-20)19-21-11-5-2-6-12-21;1-20(14-15-5-3-11-19-13-15)18(21)6-4-12-23-17-9-7-16(22-2)8-10-17/h3*2-7,9-12,14-17H,8,13,18-20H2,1H3;1-7,9-14,17,26H,8,15-16,18-19H2;3,5,7-11,13H,4,6,12,14H2,1-2H3. The van der Waals surface area contributed by atoms with Crippen LogP contribution < -0.4 is 28.4 Å². The van der Waals surface area contributed by atoms with Crippen molar-refractivity contribution in [2.24, 2.45) is 0 Å². The van der Waals surface area contributed by atoms with E-state index in [9.17, 15) is 29.1 Å². The van der Waals surface area contributed by atoms with E-state index < -0.39 is 0 Å². The molecule has 138 heavy (non-hydrogen) atoms. The van der Waals surface area contributed by atoms with Crippen molar-refractivity contribution in [3.63, 3.8) is 0 Å². The van der Waals surface area contributed by atoms with E-state index in [0.29, 0.717) is 117 Å². The number of rotatable bonds is 47. The molecule has 0 fully saturated rings. The monoisotopic (exact) mass is 1900 g/mol. The SMILES string of the molecule is CN(Cc1ccccc1)C(=O)CCCOc1ccc(OCc2ccccc2)cc1.COc1ccc(OCCCC(=O)N(Cc2ccccc2)Cc2ccccc2)cc1.COc1ccc(SCCCC(=O)N(C)Cc2cccnc2)cc1.COc1ccc(SCCCC(=O)N(Cc2ccccc2)Cc2ccccc2)cc1.O=C(CCCSc1cccc(O)c1)N(Cc1ccccc1)Cc1ccccc1. The van der Waals surface area contributed by atoms with Crippen LogP contribution in [-0.4, -0.2) is 130 Å². The summed E-state index contributed by atoms with van der Waals surface area (Å²) < 4.78 is 32.7. The molecule has 0 aliphatic carbocycles. The van der Waals surface area contributed by atoms with Gasteiger partial charge >= 0.3 is 0 Å². The Morgan fingerprint density at radius 2 is 0.536 bits per heavy atom. The molecule has 0 radical (unpaired) electrons. The van der Waals surface area contributed by atoms with Crippen molar-refractivity contribution in [2.75, 3.05) is 65.9 Å². The molecule has 0 bridgehead atoms. The van der Waals surface area contributed by atoms with Crippen LogP contribution in [0.4, 0.5) is 0 Å². The van der Waals surface area contributed by atoms with Crippen LogP contribution in [0.2, 0.25) is 0 Å². The van der Waals surface area contributed by atoms with Crippen molar-refractivity contribution in [2.45, 2.75) is 138 Å². The number of nitrogens with zero attached hydrogens (tertiary/aromatic N) is 6. The Morgan fingerprint density at radius 3 is 0.855 bits per heavy atom. The number of thioether (sulfide) groups is 3. The Bertz CT molecular complexity index is 5440. The van der Waals surface area contributed by atoms with Crippen molar-refractivity contribution in [1.29, 1.82) is 0 Å². The van der Waals surface area contributed by atoms with Gasteiger partial charge in [0.05, 0.1) is 34.5 Å². The number of phenolic OH excluding ortho intramolecular Hbond substituents is 1. The second-order valence-electron chi connectivity index (χ2n) is 32.5. The number of ether oxygens (including phenoxy) is 6. The molecule has 18 nitrogen and oxygen atoms in total. The predicted molar refractivity (Wildman–Crippen MR) is 559 cm³/mol. The number of phenols is 1. The quantitative estimate of drug-likeness (QED) is 0.0280. The second kappa shape index (κ2) is 62.6. The lowest BCUT2D eigenvalue weighted by atomic mass is 10.1. The maximum atomic E-state index is 12.9. The number of aromatic nitrogens is 1. The van der Waals surface area contributed by atoms with Crippen molar-refractivity contribution in [1.82, 2.24) is 29.5 Å². The highest BCUT2D eigenvalue weighted by atomic mass is 32.2.